The van der Waals surface area contributed by atoms with E-state index >= 15 is 0 Å². The molecule has 0 saturated heterocycles. The molecule has 2 aromatic carbocycles. The second-order valence-electron chi connectivity index (χ2n) is 7.17. The minimum atomic E-state index is -1.60. The van der Waals surface area contributed by atoms with Crippen LogP contribution >= 0.6 is 0 Å². The number of ether oxygens (including phenoxy) is 2. The van der Waals surface area contributed by atoms with Gasteiger partial charge in [-0.3, -0.25) is 0 Å². The Balaban J connectivity index is 1.89. The van der Waals surface area contributed by atoms with Crippen LogP contribution in [0.2, 0.25) is 0 Å². The van der Waals surface area contributed by atoms with Gasteiger partial charge < -0.3 is 9.47 Å². The minimum Gasteiger partial charge on any atom is -0.494 e. The fourth-order valence-electron chi connectivity index (χ4n) is 2.79. The normalized spacial score (nSPS) is 13.0. The molecule has 2 aromatic rings. The van der Waals surface area contributed by atoms with E-state index in [1.165, 1.54) is 19.3 Å². The lowest BCUT2D eigenvalue weighted by Gasteiger charge is -2.13. The van der Waals surface area contributed by atoms with Crippen LogP contribution in [0.25, 0.3) is 11.1 Å². The van der Waals surface area contributed by atoms with Gasteiger partial charge in [-0.2, -0.15) is 0 Å². The van der Waals surface area contributed by atoms with Crippen molar-refractivity contribution >= 4 is 5.97 Å². The fraction of sp³-hybridized carbons (Fsp3) is 0.458. The number of unbranched alkanes of at least 4 members (excludes halogenated alkanes) is 3. The molecular weight excluding hydrogens is 355 g/mol. The van der Waals surface area contributed by atoms with Crippen molar-refractivity contribution in [3.63, 3.8) is 0 Å². The van der Waals surface area contributed by atoms with Gasteiger partial charge in [0.05, 0.1) is 6.61 Å². The highest BCUT2D eigenvalue weighted by molar-refractivity contribution is 5.77. The number of halogens is 1. The summed E-state index contributed by atoms with van der Waals surface area (Å²) in [6, 6.07) is 15.0. The minimum absolute atomic E-state index is 0.348. The van der Waals surface area contributed by atoms with Gasteiger partial charge in [-0.05, 0) is 47.7 Å². The second kappa shape index (κ2) is 11.5. The van der Waals surface area contributed by atoms with Gasteiger partial charge in [-0.1, -0.05) is 70.7 Å². The molecule has 152 valence electrons. The van der Waals surface area contributed by atoms with E-state index in [1.54, 1.807) is 19.1 Å². The first-order valence-corrected chi connectivity index (χ1v) is 10.2. The van der Waals surface area contributed by atoms with E-state index < -0.39 is 12.1 Å². The molecule has 0 heterocycles. The number of carbonyl (C=O) groups excluding carboxylic acids is 1. The summed E-state index contributed by atoms with van der Waals surface area (Å²) in [4.78, 5) is 11.8. The van der Waals surface area contributed by atoms with Crippen LogP contribution in [-0.4, -0.2) is 18.7 Å². The lowest BCUT2D eigenvalue weighted by molar-refractivity contribution is -0.141. The Kier molecular flexibility index (Phi) is 8.99. The Morgan fingerprint density at radius 1 is 0.893 bits per heavy atom. The van der Waals surface area contributed by atoms with Gasteiger partial charge in [-0.15, -0.1) is 0 Å². The fourth-order valence-corrected chi connectivity index (χ4v) is 2.79. The zero-order valence-electron chi connectivity index (χ0n) is 17.1. The molecule has 2 atom stereocenters. The molecule has 0 aliphatic rings. The van der Waals surface area contributed by atoms with Gasteiger partial charge in [0.25, 0.3) is 0 Å². The number of hydrogen-bond donors (Lipinski definition) is 0. The number of benzene rings is 2. The Morgan fingerprint density at radius 3 is 2.00 bits per heavy atom. The zero-order valence-corrected chi connectivity index (χ0v) is 17.1. The molecule has 28 heavy (non-hydrogen) atoms. The lowest BCUT2D eigenvalue weighted by Crippen LogP contribution is -2.27. The van der Waals surface area contributed by atoms with E-state index in [9.17, 15) is 9.18 Å². The van der Waals surface area contributed by atoms with E-state index in [1.807, 2.05) is 43.3 Å². The molecular formula is C24H31FO3. The number of esters is 1. The van der Waals surface area contributed by atoms with Crippen molar-refractivity contribution < 1.29 is 18.7 Å². The summed E-state index contributed by atoms with van der Waals surface area (Å²) in [5.74, 6) is 0.0401. The van der Waals surface area contributed by atoms with Crippen LogP contribution in [0.1, 0.15) is 52.9 Å². The van der Waals surface area contributed by atoms with Gasteiger partial charge >= 0.3 is 5.97 Å². The molecule has 0 aromatic heterocycles. The van der Waals surface area contributed by atoms with Crippen molar-refractivity contribution in [2.75, 3.05) is 6.61 Å². The van der Waals surface area contributed by atoms with Crippen LogP contribution < -0.4 is 9.47 Å². The highest BCUT2D eigenvalue weighted by Gasteiger charge is 2.25. The molecule has 4 heteroatoms. The molecule has 0 bridgehead atoms. The zero-order chi connectivity index (χ0) is 20.4. The quantitative estimate of drug-likeness (QED) is 0.248. The average Bonchev–Trinajstić information content (AvgIpc) is 2.73. The third-order valence-corrected chi connectivity index (χ3v) is 4.90. The van der Waals surface area contributed by atoms with Gasteiger partial charge in [0, 0.05) is 0 Å². The van der Waals surface area contributed by atoms with Gasteiger partial charge in [0.1, 0.15) is 11.5 Å². The maximum atomic E-state index is 13.9. The van der Waals surface area contributed by atoms with E-state index in [4.69, 9.17) is 9.47 Å². The predicted molar refractivity (Wildman–Crippen MR) is 112 cm³/mol. The van der Waals surface area contributed by atoms with E-state index in [0.29, 0.717) is 12.2 Å². The van der Waals surface area contributed by atoms with Crippen LogP contribution in [-0.2, 0) is 4.79 Å². The molecule has 0 spiro atoms. The summed E-state index contributed by atoms with van der Waals surface area (Å²) >= 11 is 0. The van der Waals surface area contributed by atoms with Crippen LogP contribution in [0.3, 0.4) is 0 Å². The first-order chi connectivity index (χ1) is 13.5. The van der Waals surface area contributed by atoms with Gasteiger partial charge in [-0.25, -0.2) is 9.18 Å². The molecule has 0 radical (unpaired) electrons. The Labute approximate surface area is 167 Å². The highest BCUT2D eigenvalue weighted by Crippen LogP contribution is 2.25. The summed E-state index contributed by atoms with van der Waals surface area (Å²) in [6.45, 7) is 6.49. The third-order valence-electron chi connectivity index (χ3n) is 4.90. The van der Waals surface area contributed by atoms with Crippen molar-refractivity contribution in [3.8, 4) is 22.6 Å². The SMILES string of the molecule is CCCCCCOc1ccc(-c2ccc(OC(=O)[C@@H](F)[C@@H](C)CC)cc2)cc1. The van der Waals surface area contributed by atoms with Crippen LogP contribution in [0, 0.1) is 5.92 Å². The lowest BCUT2D eigenvalue weighted by atomic mass is 10.0. The molecule has 3 nitrogen and oxygen atoms in total. The van der Waals surface area contributed by atoms with E-state index in [2.05, 4.69) is 6.92 Å². The van der Waals surface area contributed by atoms with Gasteiger partial charge in [0.15, 0.2) is 6.17 Å². The van der Waals surface area contributed by atoms with Crippen molar-refractivity contribution in [2.45, 2.75) is 59.0 Å². The van der Waals surface area contributed by atoms with Crippen molar-refractivity contribution in [1.29, 1.82) is 0 Å². The monoisotopic (exact) mass is 386 g/mol. The maximum absolute atomic E-state index is 13.9. The molecule has 0 amide bonds. The molecule has 0 unspecified atom stereocenters. The highest BCUT2D eigenvalue weighted by atomic mass is 19.1. The number of hydrogen-bond acceptors (Lipinski definition) is 3. The smallest absolute Gasteiger partial charge is 0.346 e. The third kappa shape index (κ3) is 6.66. The Morgan fingerprint density at radius 2 is 1.46 bits per heavy atom. The van der Waals surface area contributed by atoms with Crippen molar-refractivity contribution in [1.82, 2.24) is 0 Å². The van der Waals surface area contributed by atoms with Crippen molar-refractivity contribution in [2.24, 2.45) is 5.92 Å². The molecule has 0 N–H and O–H groups in total. The summed E-state index contributed by atoms with van der Waals surface area (Å²) in [6.07, 6.45) is 3.74. The first kappa shape index (κ1) is 21.9. The number of alkyl halides is 1. The van der Waals surface area contributed by atoms with Gasteiger partial charge in [0.2, 0.25) is 0 Å². The Bertz CT molecular complexity index is 710. The molecule has 2 rings (SSSR count). The van der Waals surface area contributed by atoms with Crippen molar-refractivity contribution in [3.05, 3.63) is 48.5 Å². The van der Waals surface area contributed by atoms with E-state index in [-0.39, 0.29) is 5.92 Å². The molecule has 0 fully saturated rings. The number of rotatable bonds is 11. The summed E-state index contributed by atoms with van der Waals surface area (Å²) in [5.41, 5.74) is 2.03. The second-order valence-corrected chi connectivity index (χ2v) is 7.17. The maximum Gasteiger partial charge on any atom is 0.346 e. The average molecular weight is 387 g/mol. The predicted octanol–water partition coefficient (Wildman–Crippen LogP) is 6.60. The summed E-state index contributed by atoms with van der Waals surface area (Å²) in [5, 5.41) is 0. The Hall–Kier alpha value is -2.36. The number of carbonyl (C=O) groups is 1. The van der Waals surface area contributed by atoms with Crippen LogP contribution in [0.5, 0.6) is 11.5 Å². The largest absolute Gasteiger partial charge is 0.494 e. The van der Waals surface area contributed by atoms with E-state index in [0.717, 1.165) is 29.9 Å². The standard InChI is InChI=1S/C24H31FO3/c1-4-6-7-8-17-27-21-13-9-19(10-14-21)20-11-15-22(16-12-20)28-24(26)23(25)18(3)5-2/h9-16,18,23H,4-8,17H2,1-3H3/t18-,23-/m0/s1. The topological polar surface area (TPSA) is 35.5 Å². The van der Waals surface area contributed by atoms with Crippen LogP contribution in [0.15, 0.2) is 48.5 Å². The molecule has 0 aliphatic carbocycles. The van der Waals surface area contributed by atoms with Crippen LogP contribution in [0.4, 0.5) is 4.39 Å². The molecule has 0 aliphatic heterocycles. The summed E-state index contributed by atoms with van der Waals surface area (Å²) in [7, 11) is 0. The molecule has 0 saturated carbocycles. The first-order valence-electron chi connectivity index (χ1n) is 10.2. The summed E-state index contributed by atoms with van der Waals surface area (Å²) < 4.78 is 24.8.